The molecule has 5 nitrogen and oxygen atoms in total. The van der Waals surface area contributed by atoms with Gasteiger partial charge in [-0.15, -0.1) is 0 Å². The average molecular weight is 338 g/mol. The number of rotatable bonds is 5. The fourth-order valence-electron chi connectivity index (χ4n) is 3.59. The van der Waals surface area contributed by atoms with E-state index in [0.717, 1.165) is 22.3 Å². The third-order valence-electron chi connectivity index (χ3n) is 5.07. The van der Waals surface area contributed by atoms with E-state index in [-0.39, 0.29) is 32.2 Å². The van der Waals surface area contributed by atoms with Gasteiger partial charge in [0.25, 0.3) is 0 Å². The van der Waals surface area contributed by atoms with E-state index in [9.17, 15) is 14.7 Å². The van der Waals surface area contributed by atoms with E-state index in [1.807, 2.05) is 36.4 Å². The number of carbonyl (C=O) groups excluding carboxylic acids is 1. The van der Waals surface area contributed by atoms with Crippen LogP contribution in [0, 0.1) is 5.41 Å². The number of carbonyl (C=O) groups is 2. The molecule has 25 heavy (non-hydrogen) atoms. The lowest BCUT2D eigenvalue weighted by Gasteiger charge is -2.36. The van der Waals surface area contributed by atoms with Crippen LogP contribution in [0.5, 0.6) is 0 Å². The minimum Gasteiger partial charge on any atom is -0.481 e. The van der Waals surface area contributed by atoms with E-state index >= 15 is 0 Å². The molecule has 4 rings (SSSR count). The molecule has 0 amide bonds. The van der Waals surface area contributed by atoms with Gasteiger partial charge in [-0.1, -0.05) is 48.5 Å². The van der Waals surface area contributed by atoms with Crippen molar-refractivity contribution in [2.45, 2.75) is 12.3 Å². The van der Waals surface area contributed by atoms with Crippen LogP contribution in [0.4, 0.5) is 0 Å². The molecule has 128 valence electrons. The van der Waals surface area contributed by atoms with Gasteiger partial charge in [0.15, 0.2) is 0 Å². The lowest BCUT2D eigenvalue weighted by Crippen LogP contribution is -2.50. The van der Waals surface area contributed by atoms with E-state index in [0.29, 0.717) is 0 Å². The number of esters is 1. The molecule has 5 heteroatoms. The number of carboxylic acids is 1. The zero-order valence-corrected chi connectivity index (χ0v) is 13.6. The summed E-state index contributed by atoms with van der Waals surface area (Å²) >= 11 is 0. The molecule has 0 atom stereocenters. The fourth-order valence-corrected chi connectivity index (χ4v) is 3.59. The zero-order chi connectivity index (χ0) is 17.4. The number of hydrogen-bond acceptors (Lipinski definition) is 4. The molecule has 0 spiro atoms. The topological polar surface area (TPSA) is 72.8 Å². The molecule has 1 aliphatic heterocycles. The van der Waals surface area contributed by atoms with E-state index in [1.54, 1.807) is 0 Å². The molecular formula is C20H18O5. The van der Waals surface area contributed by atoms with Crippen molar-refractivity contribution in [3.05, 3.63) is 59.7 Å². The first kappa shape index (κ1) is 15.8. The highest BCUT2D eigenvalue weighted by Gasteiger charge is 2.48. The number of benzene rings is 2. The molecule has 2 aromatic carbocycles. The van der Waals surface area contributed by atoms with Crippen molar-refractivity contribution in [3.63, 3.8) is 0 Å². The first-order valence-electron chi connectivity index (χ1n) is 8.26. The molecule has 1 N–H and O–H groups in total. The molecule has 1 aliphatic carbocycles. The molecule has 0 radical (unpaired) electrons. The predicted octanol–water partition coefficient (Wildman–Crippen LogP) is 2.83. The molecule has 0 unspecified atom stereocenters. The number of hydrogen-bond donors (Lipinski definition) is 1. The lowest BCUT2D eigenvalue weighted by atomic mass is 9.82. The van der Waals surface area contributed by atoms with Gasteiger partial charge >= 0.3 is 11.9 Å². The van der Waals surface area contributed by atoms with Crippen LogP contribution >= 0.6 is 0 Å². The summed E-state index contributed by atoms with van der Waals surface area (Å²) in [6.45, 7) is 0.336. The second kappa shape index (κ2) is 6.01. The van der Waals surface area contributed by atoms with Crippen molar-refractivity contribution >= 4 is 11.9 Å². The van der Waals surface area contributed by atoms with Gasteiger partial charge in [0.05, 0.1) is 19.6 Å². The van der Waals surface area contributed by atoms with Gasteiger partial charge in [0, 0.05) is 5.92 Å². The summed E-state index contributed by atoms with van der Waals surface area (Å²) in [7, 11) is 0. The third kappa shape index (κ3) is 2.61. The van der Waals surface area contributed by atoms with Crippen LogP contribution in [0.1, 0.15) is 23.5 Å². The summed E-state index contributed by atoms with van der Waals surface area (Å²) in [6.07, 6.45) is -0.154. The van der Waals surface area contributed by atoms with E-state index in [1.165, 1.54) is 0 Å². The minimum absolute atomic E-state index is 0.0187. The minimum atomic E-state index is -1.12. The maximum Gasteiger partial charge on any atom is 0.314 e. The SMILES string of the molecule is O=C(CC1(C(=O)O)COC1)OCC1c2ccccc2-c2ccccc21. The zero-order valence-electron chi connectivity index (χ0n) is 13.6. The lowest BCUT2D eigenvalue weighted by molar-refractivity contribution is -0.187. The van der Waals surface area contributed by atoms with Crippen LogP contribution < -0.4 is 0 Å². The molecule has 1 saturated heterocycles. The number of ether oxygens (including phenoxy) is 2. The monoisotopic (exact) mass is 338 g/mol. The number of fused-ring (bicyclic) bond motifs is 3. The van der Waals surface area contributed by atoms with Crippen molar-refractivity contribution < 1.29 is 24.2 Å². The van der Waals surface area contributed by atoms with Crippen LogP contribution in [0.25, 0.3) is 11.1 Å². The number of carboxylic acid groups (broad SMARTS) is 1. The standard InChI is InChI=1S/C20H18O5/c21-18(9-20(19(22)23)11-24-12-20)25-10-17-15-7-3-1-5-13(15)14-6-2-4-8-16(14)17/h1-8,17H,9-12H2,(H,22,23). The van der Waals surface area contributed by atoms with Crippen molar-refractivity contribution in [1.82, 2.24) is 0 Å². The Labute approximate surface area is 145 Å². The highest BCUT2D eigenvalue weighted by Crippen LogP contribution is 2.44. The van der Waals surface area contributed by atoms with Crippen LogP contribution in [-0.4, -0.2) is 36.9 Å². The maximum absolute atomic E-state index is 12.2. The normalized spacial score (nSPS) is 17.3. The predicted molar refractivity (Wildman–Crippen MR) is 90.2 cm³/mol. The second-order valence-corrected chi connectivity index (χ2v) is 6.67. The van der Waals surface area contributed by atoms with Gasteiger partial charge in [-0.3, -0.25) is 9.59 Å². The summed E-state index contributed by atoms with van der Waals surface area (Å²) < 4.78 is 10.4. The molecule has 0 saturated carbocycles. The Bertz CT molecular complexity index is 792. The second-order valence-electron chi connectivity index (χ2n) is 6.67. The molecule has 2 aromatic rings. The van der Waals surface area contributed by atoms with Gasteiger partial charge in [-0.2, -0.15) is 0 Å². The van der Waals surface area contributed by atoms with Crippen molar-refractivity contribution in [2.75, 3.05) is 19.8 Å². The van der Waals surface area contributed by atoms with Gasteiger partial charge in [-0.25, -0.2) is 0 Å². The van der Waals surface area contributed by atoms with Gasteiger partial charge in [0.2, 0.25) is 0 Å². The van der Waals surface area contributed by atoms with E-state index in [2.05, 4.69) is 12.1 Å². The van der Waals surface area contributed by atoms with Crippen LogP contribution in [-0.2, 0) is 19.1 Å². The first-order chi connectivity index (χ1) is 12.1. The molecule has 1 fully saturated rings. The van der Waals surface area contributed by atoms with Crippen LogP contribution in [0.3, 0.4) is 0 Å². The van der Waals surface area contributed by atoms with Crippen molar-refractivity contribution in [1.29, 1.82) is 0 Å². The molecule has 0 bridgehead atoms. The highest BCUT2D eigenvalue weighted by molar-refractivity contribution is 5.83. The largest absolute Gasteiger partial charge is 0.481 e. The first-order valence-corrected chi connectivity index (χ1v) is 8.26. The van der Waals surface area contributed by atoms with Gasteiger partial charge in [0.1, 0.15) is 12.0 Å². The summed E-state index contributed by atoms with van der Waals surface area (Å²) in [5.41, 5.74) is 3.47. The summed E-state index contributed by atoms with van der Waals surface area (Å²) in [4.78, 5) is 23.5. The maximum atomic E-state index is 12.2. The van der Waals surface area contributed by atoms with E-state index < -0.39 is 17.4 Å². The Hall–Kier alpha value is -2.66. The fraction of sp³-hybridized carbons (Fsp3) is 0.300. The highest BCUT2D eigenvalue weighted by atomic mass is 16.5. The molecular weight excluding hydrogens is 320 g/mol. The summed E-state index contributed by atoms with van der Waals surface area (Å²) in [6, 6.07) is 16.2. The van der Waals surface area contributed by atoms with Crippen molar-refractivity contribution in [2.24, 2.45) is 5.41 Å². The third-order valence-corrected chi connectivity index (χ3v) is 5.07. The Balaban J connectivity index is 1.50. The Morgan fingerprint density at radius 2 is 1.60 bits per heavy atom. The smallest absolute Gasteiger partial charge is 0.314 e. The average Bonchev–Trinajstić information content (AvgIpc) is 2.90. The van der Waals surface area contributed by atoms with Gasteiger partial charge < -0.3 is 14.6 Å². The summed E-state index contributed by atoms with van der Waals surface area (Å²) in [5, 5.41) is 9.28. The summed E-state index contributed by atoms with van der Waals surface area (Å²) in [5.74, 6) is -1.52. The Kier molecular flexibility index (Phi) is 3.81. The Morgan fingerprint density at radius 1 is 1.04 bits per heavy atom. The molecule has 1 heterocycles. The van der Waals surface area contributed by atoms with E-state index in [4.69, 9.17) is 9.47 Å². The molecule has 2 aliphatic rings. The Morgan fingerprint density at radius 3 is 2.08 bits per heavy atom. The van der Waals surface area contributed by atoms with Crippen molar-refractivity contribution in [3.8, 4) is 11.1 Å². The van der Waals surface area contributed by atoms with Gasteiger partial charge in [-0.05, 0) is 22.3 Å². The van der Waals surface area contributed by atoms with Crippen LogP contribution in [0.15, 0.2) is 48.5 Å². The number of aliphatic carboxylic acids is 1. The van der Waals surface area contributed by atoms with Crippen LogP contribution in [0.2, 0.25) is 0 Å². The molecule has 0 aromatic heterocycles. The quantitative estimate of drug-likeness (QED) is 0.849.